The van der Waals surface area contributed by atoms with Crippen LogP contribution in [0, 0.1) is 11.8 Å². The van der Waals surface area contributed by atoms with Crippen LogP contribution in [-0.4, -0.2) is 61.0 Å². The molecule has 1 atom stereocenters. The Morgan fingerprint density at radius 2 is 1.38 bits per heavy atom. The van der Waals surface area contributed by atoms with E-state index >= 15 is 0 Å². The predicted octanol–water partition coefficient (Wildman–Crippen LogP) is 1.27. The number of hydrogen-bond donors (Lipinski definition) is 0. The van der Waals surface area contributed by atoms with E-state index in [2.05, 4.69) is 0 Å². The number of likely N-dealkylation sites (tertiary alicyclic amines) is 1. The van der Waals surface area contributed by atoms with E-state index in [1.54, 1.807) is 0 Å². The monoisotopic (exact) mass is 294 g/mol. The first-order chi connectivity index (χ1) is 10.3. The molecule has 0 spiro atoms. The van der Waals surface area contributed by atoms with Gasteiger partial charge in [0, 0.05) is 32.1 Å². The van der Waals surface area contributed by atoms with Gasteiger partial charge in [0.05, 0.1) is 19.1 Å². The van der Waals surface area contributed by atoms with E-state index in [0.717, 1.165) is 32.2 Å². The van der Waals surface area contributed by atoms with E-state index in [4.69, 9.17) is 4.74 Å². The Balaban J connectivity index is 1.57. The number of nitrogens with zero attached hydrogens (tertiary/aromatic N) is 2. The van der Waals surface area contributed by atoms with E-state index in [1.807, 2.05) is 9.80 Å². The zero-order valence-electron chi connectivity index (χ0n) is 12.8. The highest BCUT2D eigenvalue weighted by Gasteiger charge is 2.34. The molecular weight excluding hydrogens is 268 g/mol. The summed E-state index contributed by atoms with van der Waals surface area (Å²) < 4.78 is 5.31. The summed E-state index contributed by atoms with van der Waals surface area (Å²) in [6, 6.07) is 0. The molecule has 1 saturated carbocycles. The molecular formula is C16H26N2O3. The number of morpholine rings is 1. The highest BCUT2D eigenvalue weighted by Crippen LogP contribution is 2.29. The van der Waals surface area contributed by atoms with Crippen LogP contribution in [0.2, 0.25) is 0 Å². The third-order valence-corrected chi connectivity index (χ3v) is 5.11. The molecule has 21 heavy (non-hydrogen) atoms. The molecule has 5 heteroatoms. The van der Waals surface area contributed by atoms with Gasteiger partial charge in [0.2, 0.25) is 11.8 Å². The highest BCUT2D eigenvalue weighted by molar-refractivity contribution is 5.82. The number of carbonyl (C=O) groups is 2. The molecule has 0 N–H and O–H groups in total. The van der Waals surface area contributed by atoms with Crippen LogP contribution in [0.1, 0.15) is 38.5 Å². The topological polar surface area (TPSA) is 49.9 Å². The molecule has 3 fully saturated rings. The van der Waals surface area contributed by atoms with Gasteiger partial charge < -0.3 is 14.5 Å². The summed E-state index contributed by atoms with van der Waals surface area (Å²) >= 11 is 0. The van der Waals surface area contributed by atoms with Crippen molar-refractivity contribution in [2.24, 2.45) is 11.8 Å². The fourth-order valence-corrected chi connectivity index (χ4v) is 3.85. The zero-order chi connectivity index (χ0) is 14.7. The van der Waals surface area contributed by atoms with Crippen LogP contribution < -0.4 is 0 Å². The van der Waals surface area contributed by atoms with Gasteiger partial charge in [-0.05, 0) is 25.7 Å². The van der Waals surface area contributed by atoms with E-state index in [9.17, 15) is 9.59 Å². The lowest BCUT2D eigenvalue weighted by Gasteiger charge is -2.37. The summed E-state index contributed by atoms with van der Waals surface area (Å²) in [6.07, 6.45) is 6.32. The summed E-state index contributed by atoms with van der Waals surface area (Å²) in [5.41, 5.74) is 0. The van der Waals surface area contributed by atoms with Gasteiger partial charge in [0.25, 0.3) is 0 Å². The van der Waals surface area contributed by atoms with Crippen molar-refractivity contribution in [1.82, 2.24) is 9.80 Å². The first kappa shape index (κ1) is 14.8. The van der Waals surface area contributed by atoms with Gasteiger partial charge in [-0.2, -0.15) is 0 Å². The highest BCUT2D eigenvalue weighted by atomic mass is 16.5. The third-order valence-electron chi connectivity index (χ3n) is 5.11. The SMILES string of the molecule is O=C(C1CCCN(C(=O)C2CCCC2)C1)N1CCOCC1. The van der Waals surface area contributed by atoms with Crippen LogP contribution in [0.3, 0.4) is 0 Å². The van der Waals surface area contributed by atoms with Crippen molar-refractivity contribution in [3.63, 3.8) is 0 Å². The van der Waals surface area contributed by atoms with Crippen LogP contribution in [0.4, 0.5) is 0 Å². The van der Waals surface area contributed by atoms with Crippen LogP contribution in [0.15, 0.2) is 0 Å². The molecule has 0 aromatic carbocycles. The van der Waals surface area contributed by atoms with Crippen LogP contribution in [0.25, 0.3) is 0 Å². The lowest BCUT2D eigenvalue weighted by atomic mass is 9.94. The molecule has 2 saturated heterocycles. The van der Waals surface area contributed by atoms with Gasteiger partial charge in [-0.15, -0.1) is 0 Å². The fraction of sp³-hybridized carbons (Fsp3) is 0.875. The van der Waals surface area contributed by atoms with Crippen LogP contribution in [0.5, 0.6) is 0 Å². The molecule has 0 radical (unpaired) electrons. The molecule has 0 aromatic rings. The second-order valence-corrected chi connectivity index (χ2v) is 6.54. The molecule has 0 bridgehead atoms. The maximum Gasteiger partial charge on any atom is 0.227 e. The van der Waals surface area contributed by atoms with Gasteiger partial charge in [0.1, 0.15) is 0 Å². The number of hydrogen-bond acceptors (Lipinski definition) is 3. The lowest BCUT2D eigenvalue weighted by molar-refractivity contribution is -0.145. The summed E-state index contributed by atoms with van der Waals surface area (Å²) in [5, 5.41) is 0. The van der Waals surface area contributed by atoms with Crippen molar-refractivity contribution in [3.05, 3.63) is 0 Å². The summed E-state index contributed by atoms with van der Waals surface area (Å²) in [4.78, 5) is 29.0. The summed E-state index contributed by atoms with van der Waals surface area (Å²) in [7, 11) is 0. The third kappa shape index (κ3) is 3.39. The second kappa shape index (κ2) is 6.77. The number of piperidine rings is 1. The summed E-state index contributed by atoms with van der Waals surface area (Å²) in [6.45, 7) is 4.15. The first-order valence-corrected chi connectivity index (χ1v) is 8.41. The molecule has 0 aromatic heterocycles. The lowest BCUT2D eigenvalue weighted by Crippen LogP contribution is -2.50. The van der Waals surface area contributed by atoms with Crippen LogP contribution >= 0.6 is 0 Å². The van der Waals surface area contributed by atoms with Gasteiger partial charge in [-0.25, -0.2) is 0 Å². The number of ether oxygens (including phenoxy) is 1. The van der Waals surface area contributed by atoms with Crippen molar-refractivity contribution >= 4 is 11.8 Å². The first-order valence-electron chi connectivity index (χ1n) is 8.41. The molecule has 1 aliphatic carbocycles. The number of rotatable bonds is 2. The van der Waals surface area contributed by atoms with Gasteiger partial charge in [-0.3, -0.25) is 9.59 Å². The summed E-state index contributed by atoms with van der Waals surface area (Å²) in [5.74, 6) is 0.749. The van der Waals surface area contributed by atoms with E-state index in [0.29, 0.717) is 38.8 Å². The van der Waals surface area contributed by atoms with Crippen molar-refractivity contribution in [3.8, 4) is 0 Å². The molecule has 2 amide bonds. The van der Waals surface area contributed by atoms with E-state index in [-0.39, 0.29) is 17.7 Å². The molecule has 118 valence electrons. The van der Waals surface area contributed by atoms with Crippen molar-refractivity contribution in [2.45, 2.75) is 38.5 Å². The predicted molar refractivity (Wildman–Crippen MR) is 78.7 cm³/mol. The maximum absolute atomic E-state index is 12.6. The quantitative estimate of drug-likeness (QED) is 0.771. The zero-order valence-corrected chi connectivity index (χ0v) is 12.8. The Morgan fingerprint density at radius 1 is 0.762 bits per heavy atom. The maximum atomic E-state index is 12.6. The minimum absolute atomic E-state index is 0.00204. The molecule has 3 rings (SSSR count). The Bertz CT molecular complexity index is 387. The van der Waals surface area contributed by atoms with Crippen molar-refractivity contribution in [1.29, 1.82) is 0 Å². The van der Waals surface area contributed by atoms with E-state index in [1.165, 1.54) is 12.8 Å². The minimum atomic E-state index is 0.00204. The Hall–Kier alpha value is -1.10. The molecule has 2 heterocycles. The molecule has 1 unspecified atom stereocenters. The largest absolute Gasteiger partial charge is 0.378 e. The van der Waals surface area contributed by atoms with Crippen LogP contribution in [-0.2, 0) is 14.3 Å². The van der Waals surface area contributed by atoms with Gasteiger partial charge >= 0.3 is 0 Å². The van der Waals surface area contributed by atoms with Gasteiger partial charge in [-0.1, -0.05) is 12.8 Å². The van der Waals surface area contributed by atoms with E-state index < -0.39 is 0 Å². The van der Waals surface area contributed by atoms with Crippen molar-refractivity contribution in [2.75, 3.05) is 39.4 Å². The molecule has 3 aliphatic rings. The van der Waals surface area contributed by atoms with Crippen molar-refractivity contribution < 1.29 is 14.3 Å². The Kier molecular flexibility index (Phi) is 4.78. The average Bonchev–Trinajstić information content (AvgIpc) is 3.09. The normalized spacial score (nSPS) is 27.9. The number of amides is 2. The molecule has 5 nitrogen and oxygen atoms in total. The standard InChI is InChI=1S/C16H26N2O3/c19-15(13-4-1-2-5-13)18-7-3-6-14(12-18)16(20)17-8-10-21-11-9-17/h13-14H,1-12H2. The average molecular weight is 294 g/mol. The van der Waals surface area contributed by atoms with Gasteiger partial charge in [0.15, 0.2) is 0 Å². The Labute approximate surface area is 126 Å². The second-order valence-electron chi connectivity index (χ2n) is 6.54. The molecule has 2 aliphatic heterocycles. The minimum Gasteiger partial charge on any atom is -0.378 e. The smallest absolute Gasteiger partial charge is 0.227 e. The Morgan fingerprint density at radius 3 is 2.10 bits per heavy atom. The fourth-order valence-electron chi connectivity index (χ4n) is 3.85. The number of carbonyl (C=O) groups excluding carboxylic acids is 2.